The summed E-state index contributed by atoms with van der Waals surface area (Å²) in [5, 5.41) is 23.8. The van der Waals surface area contributed by atoms with Crippen LogP contribution in [0.2, 0.25) is 0 Å². The molecule has 0 spiro atoms. The van der Waals surface area contributed by atoms with Crippen molar-refractivity contribution in [3.8, 4) is 10.6 Å². The highest BCUT2D eigenvalue weighted by Gasteiger charge is 2.20. The number of hydrogen-bond donors (Lipinski definition) is 1. The van der Waals surface area contributed by atoms with Crippen molar-refractivity contribution in [2.75, 3.05) is 6.54 Å². The summed E-state index contributed by atoms with van der Waals surface area (Å²) in [6.45, 7) is 5.21. The molecule has 2 rings (SSSR count). The zero-order chi connectivity index (χ0) is 13.8. The van der Waals surface area contributed by atoms with Gasteiger partial charge >= 0.3 is 0 Å². The molecule has 0 aliphatic carbocycles. The molecule has 100 valence electrons. The van der Waals surface area contributed by atoms with E-state index in [9.17, 15) is 10.1 Å². The number of hydrogen-bond acceptors (Lipinski definition) is 6. The highest BCUT2D eigenvalue weighted by molar-refractivity contribution is 7.14. The summed E-state index contributed by atoms with van der Waals surface area (Å²) >= 11 is 1.38. The third-order valence-electron chi connectivity index (χ3n) is 2.64. The van der Waals surface area contributed by atoms with E-state index in [1.54, 1.807) is 25.1 Å². The first-order valence-electron chi connectivity index (χ1n) is 5.91. The van der Waals surface area contributed by atoms with Gasteiger partial charge in [-0.25, -0.2) is 0 Å². The van der Waals surface area contributed by atoms with Crippen LogP contribution in [0.4, 0.5) is 5.69 Å². The van der Waals surface area contributed by atoms with Crippen molar-refractivity contribution >= 4 is 17.0 Å². The van der Waals surface area contributed by atoms with Crippen molar-refractivity contribution in [1.82, 2.24) is 15.5 Å². The standard InChI is InChI=1S/C12H14N4O2S/c1-3-13-7-10-14-15-12(19-10)9-6-4-5-8(2)11(9)16(17)18/h4-6,13H,3,7H2,1-2H3. The molecule has 1 aromatic heterocycles. The molecule has 1 heterocycles. The summed E-state index contributed by atoms with van der Waals surface area (Å²) in [6.07, 6.45) is 0. The number of benzene rings is 1. The van der Waals surface area contributed by atoms with Gasteiger partial charge in [0.25, 0.3) is 5.69 Å². The van der Waals surface area contributed by atoms with Gasteiger partial charge in [0, 0.05) is 12.1 Å². The Hall–Kier alpha value is -1.86. The molecule has 0 aliphatic heterocycles. The molecular formula is C12H14N4O2S. The van der Waals surface area contributed by atoms with Crippen LogP contribution in [0.3, 0.4) is 0 Å². The number of nitro benzene ring substituents is 1. The van der Waals surface area contributed by atoms with Crippen LogP contribution in [0.25, 0.3) is 10.6 Å². The van der Waals surface area contributed by atoms with Gasteiger partial charge in [-0.1, -0.05) is 30.4 Å². The Morgan fingerprint density at radius 1 is 1.42 bits per heavy atom. The predicted molar refractivity (Wildman–Crippen MR) is 74.1 cm³/mol. The third-order valence-corrected chi connectivity index (χ3v) is 3.60. The second-order valence-corrected chi connectivity index (χ2v) is 5.07. The average molecular weight is 278 g/mol. The number of nitro groups is 1. The van der Waals surface area contributed by atoms with E-state index in [0.29, 0.717) is 22.7 Å². The SMILES string of the molecule is CCNCc1nnc(-c2cccc(C)c2[N+](=O)[O-])s1. The zero-order valence-electron chi connectivity index (χ0n) is 10.7. The van der Waals surface area contributed by atoms with Gasteiger partial charge < -0.3 is 5.32 Å². The summed E-state index contributed by atoms with van der Waals surface area (Å²) in [5.41, 5.74) is 1.27. The molecule has 0 atom stereocenters. The maximum atomic E-state index is 11.1. The number of para-hydroxylation sites is 1. The number of nitrogens with zero attached hydrogens (tertiary/aromatic N) is 3. The van der Waals surface area contributed by atoms with E-state index >= 15 is 0 Å². The Balaban J connectivity index is 2.39. The van der Waals surface area contributed by atoms with Crippen LogP contribution in [-0.2, 0) is 6.54 Å². The minimum Gasteiger partial charge on any atom is -0.311 e. The van der Waals surface area contributed by atoms with Crippen molar-refractivity contribution in [2.45, 2.75) is 20.4 Å². The van der Waals surface area contributed by atoms with E-state index in [2.05, 4.69) is 15.5 Å². The van der Waals surface area contributed by atoms with Gasteiger partial charge in [0.1, 0.15) is 5.01 Å². The molecule has 1 N–H and O–H groups in total. The maximum Gasteiger partial charge on any atom is 0.282 e. The number of nitrogens with one attached hydrogen (secondary N) is 1. The first kappa shape index (κ1) is 13.6. The fraction of sp³-hybridized carbons (Fsp3) is 0.333. The molecule has 19 heavy (non-hydrogen) atoms. The Morgan fingerprint density at radius 2 is 2.21 bits per heavy atom. The van der Waals surface area contributed by atoms with Crippen LogP contribution >= 0.6 is 11.3 Å². The normalized spacial score (nSPS) is 10.6. The van der Waals surface area contributed by atoms with Gasteiger partial charge in [-0.2, -0.15) is 0 Å². The molecular weight excluding hydrogens is 264 g/mol. The maximum absolute atomic E-state index is 11.1. The lowest BCUT2D eigenvalue weighted by Gasteiger charge is -2.01. The molecule has 0 radical (unpaired) electrons. The van der Waals surface area contributed by atoms with Crippen LogP contribution in [0, 0.1) is 17.0 Å². The van der Waals surface area contributed by atoms with Crippen molar-refractivity contribution in [3.05, 3.63) is 38.9 Å². The second-order valence-electron chi connectivity index (χ2n) is 4.01. The molecule has 0 unspecified atom stereocenters. The Kier molecular flexibility index (Phi) is 4.18. The average Bonchev–Trinajstić information content (AvgIpc) is 2.84. The van der Waals surface area contributed by atoms with Crippen LogP contribution in [0.5, 0.6) is 0 Å². The lowest BCUT2D eigenvalue weighted by molar-refractivity contribution is -0.384. The second kappa shape index (κ2) is 5.85. The van der Waals surface area contributed by atoms with E-state index in [1.165, 1.54) is 11.3 Å². The quantitative estimate of drug-likeness (QED) is 0.671. The lowest BCUT2D eigenvalue weighted by Crippen LogP contribution is -2.11. The van der Waals surface area contributed by atoms with Crippen LogP contribution < -0.4 is 5.32 Å². The molecule has 0 bridgehead atoms. The van der Waals surface area contributed by atoms with Gasteiger partial charge in [-0.3, -0.25) is 10.1 Å². The molecule has 0 amide bonds. The van der Waals surface area contributed by atoms with Crippen LogP contribution in [-0.4, -0.2) is 21.7 Å². The topological polar surface area (TPSA) is 81.0 Å². The third kappa shape index (κ3) is 2.94. The Morgan fingerprint density at radius 3 is 2.89 bits per heavy atom. The smallest absolute Gasteiger partial charge is 0.282 e. The van der Waals surface area contributed by atoms with Gasteiger partial charge in [0.2, 0.25) is 0 Å². The number of rotatable bonds is 5. The number of aromatic nitrogens is 2. The first-order valence-corrected chi connectivity index (χ1v) is 6.72. The van der Waals surface area contributed by atoms with E-state index in [-0.39, 0.29) is 10.6 Å². The summed E-state index contributed by atoms with van der Waals surface area (Å²) in [5.74, 6) is 0. The van der Waals surface area contributed by atoms with E-state index in [4.69, 9.17) is 0 Å². The molecule has 7 heteroatoms. The van der Waals surface area contributed by atoms with Crippen LogP contribution in [0.15, 0.2) is 18.2 Å². The van der Waals surface area contributed by atoms with Crippen molar-refractivity contribution in [3.63, 3.8) is 0 Å². The van der Waals surface area contributed by atoms with Crippen molar-refractivity contribution < 1.29 is 4.92 Å². The molecule has 6 nitrogen and oxygen atoms in total. The molecule has 2 aromatic rings. The van der Waals surface area contributed by atoms with Gasteiger partial charge in [0.05, 0.1) is 10.5 Å². The minimum atomic E-state index is -0.365. The molecule has 0 saturated heterocycles. The summed E-state index contributed by atoms with van der Waals surface area (Å²) in [6, 6.07) is 5.23. The van der Waals surface area contributed by atoms with Gasteiger partial charge in [-0.15, -0.1) is 10.2 Å². The highest BCUT2D eigenvalue weighted by atomic mass is 32.1. The molecule has 0 saturated carbocycles. The summed E-state index contributed by atoms with van der Waals surface area (Å²) in [4.78, 5) is 10.8. The van der Waals surface area contributed by atoms with Crippen LogP contribution in [0.1, 0.15) is 17.5 Å². The van der Waals surface area contributed by atoms with Gasteiger partial charge in [0.15, 0.2) is 5.01 Å². The number of aryl methyl sites for hydroxylation is 1. The largest absolute Gasteiger partial charge is 0.311 e. The van der Waals surface area contributed by atoms with E-state index in [0.717, 1.165) is 11.6 Å². The van der Waals surface area contributed by atoms with E-state index in [1.807, 2.05) is 6.92 Å². The monoisotopic (exact) mass is 278 g/mol. The molecule has 0 aliphatic rings. The summed E-state index contributed by atoms with van der Waals surface area (Å²) < 4.78 is 0. The molecule has 1 aromatic carbocycles. The summed E-state index contributed by atoms with van der Waals surface area (Å²) in [7, 11) is 0. The highest BCUT2D eigenvalue weighted by Crippen LogP contribution is 2.34. The fourth-order valence-corrected chi connectivity index (χ4v) is 2.58. The lowest BCUT2D eigenvalue weighted by atomic mass is 10.1. The predicted octanol–water partition coefficient (Wildman–Crippen LogP) is 2.53. The fourth-order valence-electron chi connectivity index (χ4n) is 1.74. The molecule has 0 fully saturated rings. The van der Waals surface area contributed by atoms with E-state index < -0.39 is 0 Å². The first-order chi connectivity index (χ1) is 9.13. The minimum absolute atomic E-state index is 0.105. The van der Waals surface area contributed by atoms with Crippen molar-refractivity contribution in [1.29, 1.82) is 0 Å². The van der Waals surface area contributed by atoms with Crippen molar-refractivity contribution in [2.24, 2.45) is 0 Å². The van der Waals surface area contributed by atoms with Gasteiger partial charge in [-0.05, 0) is 19.5 Å². The Labute approximate surface area is 114 Å². The zero-order valence-corrected chi connectivity index (χ0v) is 11.5. The Bertz CT molecular complexity index is 597.